The number of aromatic amines is 1. The molecular weight excluding hydrogens is 304 g/mol. The summed E-state index contributed by atoms with van der Waals surface area (Å²) in [5, 5.41) is 3.69. The second-order valence-corrected chi connectivity index (χ2v) is 6.66. The number of primary amides is 1. The van der Waals surface area contributed by atoms with Gasteiger partial charge in [0.1, 0.15) is 6.04 Å². The fourth-order valence-corrected chi connectivity index (χ4v) is 3.50. The largest absolute Gasteiger partial charge is 0.361 e. The average molecular weight is 328 g/mol. The molecule has 1 aromatic carbocycles. The minimum atomic E-state index is -0.668. The summed E-state index contributed by atoms with van der Waals surface area (Å²) >= 11 is 0. The highest BCUT2D eigenvalue weighted by molar-refractivity contribution is 5.89. The van der Waals surface area contributed by atoms with E-state index in [-0.39, 0.29) is 5.91 Å². The van der Waals surface area contributed by atoms with E-state index in [1.54, 1.807) is 0 Å². The fraction of sp³-hybridized carbons (Fsp3) is 0.444. The van der Waals surface area contributed by atoms with Crippen molar-refractivity contribution in [3.05, 3.63) is 36.0 Å². The highest BCUT2D eigenvalue weighted by atomic mass is 16.2. The Morgan fingerprint density at radius 1 is 1.42 bits per heavy atom. The second kappa shape index (κ2) is 6.95. The molecule has 1 fully saturated rings. The Morgan fingerprint density at radius 2 is 2.21 bits per heavy atom. The molecule has 0 bridgehead atoms. The monoisotopic (exact) mass is 328 g/mol. The lowest BCUT2D eigenvalue weighted by Gasteiger charge is -2.33. The van der Waals surface area contributed by atoms with Crippen LogP contribution < -0.4 is 11.1 Å². The van der Waals surface area contributed by atoms with Gasteiger partial charge in [-0.1, -0.05) is 25.1 Å². The molecule has 128 valence electrons. The van der Waals surface area contributed by atoms with Crippen LogP contribution in [0.2, 0.25) is 0 Å². The number of piperidine rings is 1. The van der Waals surface area contributed by atoms with E-state index in [1.807, 2.05) is 35.4 Å². The molecule has 24 heavy (non-hydrogen) atoms. The summed E-state index contributed by atoms with van der Waals surface area (Å²) in [5.41, 5.74) is 7.32. The minimum absolute atomic E-state index is 0.0503. The smallest absolute Gasteiger partial charge is 0.312 e. The number of likely N-dealkylation sites (tertiary alicyclic amines) is 1. The lowest BCUT2D eigenvalue weighted by molar-refractivity contribution is -0.134. The summed E-state index contributed by atoms with van der Waals surface area (Å²) in [6.45, 7) is 3.63. The molecule has 3 rings (SSSR count). The van der Waals surface area contributed by atoms with Crippen LogP contribution in [-0.4, -0.2) is 41.0 Å². The normalized spacial score (nSPS) is 19.2. The standard InChI is InChI=1S/C18H24N4O2/c1-12-5-4-8-22(11-12)17(23)16(21-18(19)24)9-13-10-20-15-7-3-2-6-14(13)15/h2-3,6-7,10,12,16,20H,4-5,8-9,11H2,1H3,(H3,19,21,24)/t12-,16+/m1/s1. The Kier molecular flexibility index (Phi) is 4.74. The van der Waals surface area contributed by atoms with Crippen molar-refractivity contribution in [3.63, 3.8) is 0 Å². The van der Waals surface area contributed by atoms with Gasteiger partial charge < -0.3 is 20.9 Å². The first-order valence-corrected chi connectivity index (χ1v) is 8.44. The van der Waals surface area contributed by atoms with Crippen LogP contribution in [0.25, 0.3) is 10.9 Å². The van der Waals surface area contributed by atoms with Gasteiger partial charge in [-0.2, -0.15) is 0 Å². The third-order valence-corrected chi connectivity index (χ3v) is 4.68. The van der Waals surface area contributed by atoms with Gasteiger partial charge in [0.25, 0.3) is 0 Å². The highest BCUT2D eigenvalue weighted by Gasteiger charge is 2.29. The molecule has 0 unspecified atom stereocenters. The zero-order valence-electron chi connectivity index (χ0n) is 13.9. The van der Waals surface area contributed by atoms with Crippen molar-refractivity contribution >= 4 is 22.8 Å². The number of hydrogen-bond acceptors (Lipinski definition) is 2. The van der Waals surface area contributed by atoms with Gasteiger partial charge in [0, 0.05) is 36.6 Å². The maximum atomic E-state index is 12.9. The van der Waals surface area contributed by atoms with E-state index in [0.29, 0.717) is 12.3 Å². The topological polar surface area (TPSA) is 91.2 Å². The number of carbonyl (C=O) groups is 2. The molecule has 1 saturated heterocycles. The van der Waals surface area contributed by atoms with Crippen molar-refractivity contribution in [2.24, 2.45) is 11.7 Å². The van der Waals surface area contributed by atoms with Gasteiger partial charge in [0.05, 0.1) is 0 Å². The van der Waals surface area contributed by atoms with Crippen LogP contribution in [0, 0.1) is 5.92 Å². The highest BCUT2D eigenvalue weighted by Crippen LogP contribution is 2.21. The molecule has 2 aromatic rings. The van der Waals surface area contributed by atoms with E-state index in [1.165, 1.54) is 0 Å². The van der Waals surface area contributed by atoms with Gasteiger partial charge in [-0.25, -0.2) is 4.79 Å². The molecule has 2 heterocycles. The molecule has 0 aliphatic carbocycles. The number of aromatic nitrogens is 1. The number of rotatable bonds is 4. The van der Waals surface area contributed by atoms with E-state index < -0.39 is 12.1 Å². The minimum Gasteiger partial charge on any atom is -0.361 e. The SMILES string of the molecule is C[C@@H]1CCCN(C(=O)[C@H](Cc2c[nH]c3ccccc23)NC(N)=O)C1. The summed E-state index contributed by atoms with van der Waals surface area (Å²) in [4.78, 5) is 29.3. The number of hydrogen-bond donors (Lipinski definition) is 3. The summed E-state index contributed by atoms with van der Waals surface area (Å²) < 4.78 is 0. The summed E-state index contributed by atoms with van der Waals surface area (Å²) in [6.07, 6.45) is 4.46. The number of nitrogens with one attached hydrogen (secondary N) is 2. The lowest BCUT2D eigenvalue weighted by Crippen LogP contribution is -2.53. The Labute approximate surface area is 141 Å². The first-order chi connectivity index (χ1) is 11.5. The Balaban J connectivity index is 1.81. The van der Waals surface area contributed by atoms with Crippen molar-refractivity contribution < 1.29 is 9.59 Å². The van der Waals surface area contributed by atoms with Gasteiger partial charge in [-0.05, 0) is 30.4 Å². The molecule has 1 aliphatic rings. The van der Waals surface area contributed by atoms with Gasteiger partial charge in [0.2, 0.25) is 5.91 Å². The van der Waals surface area contributed by atoms with Crippen molar-refractivity contribution in [1.29, 1.82) is 0 Å². The number of nitrogens with two attached hydrogens (primary N) is 1. The summed E-state index contributed by atoms with van der Waals surface area (Å²) in [6, 6.07) is 6.62. The molecule has 1 aromatic heterocycles. The number of urea groups is 1. The molecule has 2 atom stereocenters. The molecule has 4 N–H and O–H groups in total. The summed E-state index contributed by atoms with van der Waals surface area (Å²) in [5.74, 6) is 0.440. The van der Waals surface area contributed by atoms with Crippen LogP contribution in [0.15, 0.2) is 30.5 Å². The van der Waals surface area contributed by atoms with Gasteiger partial charge in [-0.3, -0.25) is 4.79 Å². The predicted molar refractivity (Wildman–Crippen MR) is 93.5 cm³/mol. The summed E-state index contributed by atoms with van der Waals surface area (Å²) in [7, 11) is 0. The molecule has 6 heteroatoms. The van der Waals surface area contributed by atoms with E-state index >= 15 is 0 Å². The number of benzene rings is 1. The van der Waals surface area contributed by atoms with E-state index in [2.05, 4.69) is 17.2 Å². The van der Waals surface area contributed by atoms with Crippen LogP contribution in [0.4, 0.5) is 4.79 Å². The Morgan fingerprint density at radius 3 is 2.96 bits per heavy atom. The van der Waals surface area contributed by atoms with E-state index in [0.717, 1.165) is 42.4 Å². The van der Waals surface area contributed by atoms with Crippen LogP contribution in [-0.2, 0) is 11.2 Å². The van der Waals surface area contributed by atoms with Crippen LogP contribution >= 0.6 is 0 Å². The molecule has 0 saturated carbocycles. The lowest BCUT2D eigenvalue weighted by atomic mass is 9.98. The fourth-order valence-electron chi connectivity index (χ4n) is 3.50. The second-order valence-electron chi connectivity index (χ2n) is 6.66. The molecule has 6 nitrogen and oxygen atoms in total. The number of carbonyl (C=O) groups excluding carboxylic acids is 2. The quantitative estimate of drug-likeness (QED) is 0.801. The first kappa shape index (κ1) is 16.4. The number of nitrogens with zero attached hydrogens (tertiary/aromatic N) is 1. The Bertz CT molecular complexity index is 739. The maximum absolute atomic E-state index is 12.9. The number of amides is 3. The third-order valence-electron chi connectivity index (χ3n) is 4.68. The zero-order valence-corrected chi connectivity index (χ0v) is 13.9. The van der Waals surface area contributed by atoms with Crippen molar-refractivity contribution in [3.8, 4) is 0 Å². The maximum Gasteiger partial charge on any atom is 0.312 e. The predicted octanol–water partition coefficient (Wildman–Crippen LogP) is 2.01. The van der Waals surface area contributed by atoms with E-state index in [9.17, 15) is 9.59 Å². The molecule has 0 spiro atoms. The van der Waals surface area contributed by atoms with Crippen molar-refractivity contribution in [2.75, 3.05) is 13.1 Å². The van der Waals surface area contributed by atoms with E-state index in [4.69, 9.17) is 5.73 Å². The van der Waals surface area contributed by atoms with Crippen molar-refractivity contribution in [1.82, 2.24) is 15.2 Å². The van der Waals surface area contributed by atoms with Crippen molar-refractivity contribution in [2.45, 2.75) is 32.2 Å². The first-order valence-electron chi connectivity index (χ1n) is 8.44. The number of para-hydroxylation sites is 1. The molecular formula is C18H24N4O2. The zero-order chi connectivity index (χ0) is 17.1. The van der Waals surface area contributed by atoms with Gasteiger partial charge in [-0.15, -0.1) is 0 Å². The van der Waals surface area contributed by atoms with Gasteiger partial charge in [0.15, 0.2) is 0 Å². The van der Waals surface area contributed by atoms with Gasteiger partial charge >= 0.3 is 6.03 Å². The average Bonchev–Trinajstić information content (AvgIpc) is 2.96. The number of H-pyrrole nitrogens is 1. The number of fused-ring (bicyclic) bond motifs is 1. The van der Waals surface area contributed by atoms with Crippen LogP contribution in [0.1, 0.15) is 25.3 Å². The molecule has 3 amide bonds. The van der Waals surface area contributed by atoms with Crippen LogP contribution in [0.5, 0.6) is 0 Å². The van der Waals surface area contributed by atoms with Crippen LogP contribution in [0.3, 0.4) is 0 Å². The Hall–Kier alpha value is -2.50. The third kappa shape index (κ3) is 3.53. The molecule has 1 aliphatic heterocycles. The molecule has 0 radical (unpaired) electrons.